The van der Waals surface area contributed by atoms with Gasteiger partial charge in [0.2, 0.25) is 5.91 Å². The molecule has 0 atom stereocenters. The maximum Gasteiger partial charge on any atom is 0.239 e. The topological polar surface area (TPSA) is 59.6 Å². The largest absolute Gasteiger partial charge is 0.385 e. The van der Waals surface area contributed by atoms with Crippen LogP contribution in [0.4, 0.5) is 5.69 Å². The molecule has 0 bridgehead atoms. The normalized spacial score (nSPS) is 10.2. The number of anilines is 1. The Morgan fingerprint density at radius 2 is 2.11 bits per heavy atom. The van der Waals surface area contributed by atoms with Crippen molar-refractivity contribution in [3.8, 4) is 0 Å². The molecular formula is C14H22N2O3. The second-order valence-electron chi connectivity index (χ2n) is 4.18. The van der Waals surface area contributed by atoms with Gasteiger partial charge in [0, 0.05) is 33.1 Å². The molecule has 1 aromatic carbocycles. The number of nitrogens with one attached hydrogen (secondary N) is 2. The first kappa shape index (κ1) is 15.5. The van der Waals surface area contributed by atoms with Gasteiger partial charge in [0.25, 0.3) is 0 Å². The molecule has 106 valence electrons. The highest BCUT2D eigenvalue weighted by atomic mass is 16.5. The van der Waals surface area contributed by atoms with E-state index in [1.165, 1.54) is 0 Å². The lowest BCUT2D eigenvalue weighted by Gasteiger charge is -2.09. The van der Waals surface area contributed by atoms with Crippen LogP contribution in [0.1, 0.15) is 12.0 Å². The smallest absolute Gasteiger partial charge is 0.239 e. The molecule has 19 heavy (non-hydrogen) atoms. The first-order valence-corrected chi connectivity index (χ1v) is 6.33. The van der Waals surface area contributed by atoms with E-state index in [2.05, 4.69) is 10.6 Å². The summed E-state index contributed by atoms with van der Waals surface area (Å²) in [6.45, 7) is 2.13. The van der Waals surface area contributed by atoms with Crippen molar-refractivity contribution < 1.29 is 14.3 Å². The Kier molecular flexibility index (Phi) is 7.62. The van der Waals surface area contributed by atoms with Crippen molar-refractivity contribution in [3.63, 3.8) is 0 Å². The number of carbonyl (C=O) groups is 1. The highest BCUT2D eigenvalue weighted by Crippen LogP contribution is 2.10. The number of methoxy groups -OCH3 is 2. The van der Waals surface area contributed by atoms with Crippen LogP contribution in [0.2, 0.25) is 0 Å². The summed E-state index contributed by atoms with van der Waals surface area (Å²) in [7, 11) is 3.31. The molecule has 2 N–H and O–H groups in total. The van der Waals surface area contributed by atoms with Gasteiger partial charge in [-0.15, -0.1) is 0 Å². The molecule has 0 saturated heterocycles. The number of rotatable bonds is 9. The van der Waals surface area contributed by atoms with Crippen LogP contribution < -0.4 is 10.6 Å². The van der Waals surface area contributed by atoms with Crippen LogP contribution in [0.25, 0.3) is 0 Å². The molecule has 5 nitrogen and oxygen atoms in total. The Bertz CT molecular complexity index is 383. The van der Waals surface area contributed by atoms with E-state index in [1.54, 1.807) is 14.2 Å². The van der Waals surface area contributed by atoms with Crippen LogP contribution in [-0.2, 0) is 20.9 Å². The van der Waals surface area contributed by atoms with E-state index in [0.717, 1.165) is 17.7 Å². The third-order valence-electron chi connectivity index (χ3n) is 2.54. The predicted molar refractivity (Wildman–Crippen MR) is 75.1 cm³/mol. The lowest BCUT2D eigenvalue weighted by Crippen LogP contribution is -2.31. The van der Waals surface area contributed by atoms with Gasteiger partial charge in [-0.3, -0.25) is 4.79 Å². The van der Waals surface area contributed by atoms with E-state index >= 15 is 0 Å². The minimum Gasteiger partial charge on any atom is -0.385 e. The van der Waals surface area contributed by atoms with Gasteiger partial charge in [-0.05, 0) is 24.1 Å². The van der Waals surface area contributed by atoms with E-state index in [1.807, 2.05) is 24.3 Å². The second kappa shape index (κ2) is 9.35. The van der Waals surface area contributed by atoms with Crippen LogP contribution in [0.3, 0.4) is 0 Å². The summed E-state index contributed by atoms with van der Waals surface area (Å²) < 4.78 is 9.98. The molecule has 0 aromatic heterocycles. The summed E-state index contributed by atoms with van der Waals surface area (Å²) in [5, 5.41) is 5.91. The van der Waals surface area contributed by atoms with Crippen LogP contribution in [0.5, 0.6) is 0 Å². The van der Waals surface area contributed by atoms with Crippen molar-refractivity contribution in [1.82, 2.24) is 5.32 Å². The third kappa shape index (κ3) is 6.79. The lowest BCUT2D eigenvalue weighted by atomic mass is 10.2. The number of amides is 1. The fourth-order valence-corrected chi connectivity index (χ4v) is 1.63. The van der Waals surface area contributed by atoms with Gasteiger partial charge in [-0.1, -0.05) is 12.1 Å². The Balaban J connectivity index is 2.27. The molecule has 0 saturated carbocycles. The molecule has 0 fully saturated rings. The average Bonchev–Trinajstić information content (AvgIpc) is 2.42. The molecular weight excluding hydrogens is 244 g/mol. The molecule has 0 radical (unpaired) electrons. The first-order valence-electron chi connectivity index (χ1n) is 6.33. The molecule has 0 heterocycles. The fourth-order valence-electron chi connectivity index (χ4n) is 1.63. The minimum atomic E-state index is -0.0201. The number of hydrogen-bond acceptors (Lipinski definition) is 4. The van der Waals surface area contributed by atoms with Gasteiger partial charge >= 0.3 is 0 Å². The van der Waals surface area contributed by atoms with E-state index in [0.29, 0.717) is 19.8 Å². The average molecular weight is 266 g/mol. The highest BCUT2D eigenvalue weighted by Gasteiger charge is 2.01. The molecule has 5 heteroatoms. The third-order valence-corrected chi connectivity index (χ3v) is 2.54. The molecule has 1 amide bonds. The van der Waals surface area contributed by atoms with E-state index < -0.39 is 0 Å². The van der Waals surface area contributed by atoms with Crippen LogP contribution in [-0.4, -0.2) is 39.8 Å². The van der Waals surface area contributed by atoms with Crippen molar-refractivity contribution in [2.75, 3.05) is 39.2 Å². The van der Waals surface area contributed by atoms with E-state index in [4.69, 9.17) is 9.47 Å². The summed E-state index contributed by atoms with van der Waals surface area (Å²) in [6, 6.07) is 7.83. The zero-order valence-corrected chi connectivity index (χ0v) is 11.6. The van der Waals surface area contributed by atoms with Gasteiger partial charge in [0.1, 0.15) is 0 Å². The van der Waals surface area contributed by atoms with Crippen LogP contribution in [0, 0.1) is 0 Å². The maximum absolute atomic E-state index is 11.6. The number of benzene rings is 1. The van der Waals surface area contributed by atoms with Crippen molar-refractivity contribution in [1.29, 1.82) is 0 Å². The predicted octanol–water partition coefficient (Wildman–Crippen LogP) is 1.40. The summed E-state index contributed by atoms with van der Waals surface area (Å²) >= 11 is 0. The summed E-state index contributed by atoms with van der Waals surface area (Å²) in [5.74, 6) is -0.0201. The Hall–Kier alpha value is -1.59. The summed E-state index contributed by atoms with van der Waals surface area (Å²) in [6.07, 6.45) is 0.825. The maximum atomic E-state index is 11.6. The highest BCUT2D eigenvalue weighted by molar-refractivity contribution is 5.80. The SMILES string of the molecule is COCCCNC(=O)CNc1cccc(COC)c1. The quantitative estimate of drug-likeness (QED) is 0.663. The Morgan fingerprint density at radius 3 is 2.84 bits per heavy atom. The van der Waals surface area contributed by atoms with Gasteiger partial charge < -0.3 is 20.1 Å². The molecule has 0 spiro atoms. The molecule has 1 rings (SSSR count). The molecule has 1 aromatic rings. The molecule has 0 unspecified atom stereocenters. The molecule has 0 aliphatic carbocycles. The standard InChI is InChI=1S/C14H22N2O3/c1-18-8-4-7-15-14(17)10-16-13-6-3-5-12(9-13)11-19-2/h3,5-6,9,16H,4,7-8,10-11H2,1-2H3,(H,15,17). The molecule has 0 aliphatic heterocycles. The Morgan fingerprint density at radius 1 is 1.26 bits per heavy atom. The van der Waals surface area contributed by atoms with Crippen molar-refractivity contribution in [2.45, 2.75) is 13.0 Å². The van der Waals surface area contributed by atoms with E-state index in [-0.39, 0.29) is 12.5 Å². The summed E-state index contributed by atoms with van der Waals surface area (Å²) in [4.78, 5) is 11.6. The zero-order valence-electron chi connectivity index (χ0n) is 11.6. The van der Waals surface area contributed by atoms with Gasteiger partial charge in [-0.25, -0.2) is 0 Å². The monoisotopic (exact) mass is 266 g/mol. The van der Waals surface area contributed by atoms with Gasteiger partial charge in [0.05, 0.1) is 13.2 Å². The minimum absolute atomic E-state index is 0.0201. The van der Waals surface area contributed by atoms with E-state index in [9.17, 15) is 4.79 Å². The van der Waals surface area contributed by atoms with Crippen molar-refractivity contribution in [2.24, 2.45) is 0 Å². The lowest BCUT2D eigenvalue weighted by molar-refractivity contribution is -0.119. The zero-order chi connectivity index (χ0) is 13.9. The molecule has 0 aliphatic rings. The van der Waals surface area contributed by atoms with Crippen molar-refractivity contribution >= 4 is 11.6 Å². The van der Waals surface area contributed by atoms with Crippen molar-refractivity contribution in [3.05, 3.63) is 29.8 Å². The summed E-state index contributed by atoms with van der Waals surface area (Å²) in [5.41, 5.74) is 1.99. The number of hydrogen-bond donors (Lipinski definition) is 2. The number of ether oxygens (including phenoxy) is 2. The van der Waals surface area contributed by atoms with Gasteiger partial charge in [0.15, 0.2) is 0 Å². The van der Waals surface area contributed by atoms with Crippen LogP contribution in [0.15, 0.2) is 24.3 Å². The first-order chi connectivity index (χ1) is 9.26. The van der Waals surface area contributed by atoms with Crippen LogP contribution >= 0.6 is 0 Å². The second-order valence-corrected chi connectivity index (χ2v) is 4.18. The fraction of sp³-hybridized carbons (Fsp3) is 0.500. The Labute approximate surface area is 114 Å². The van der Waals surface area contributed by atoms with Gasteiger partial charge in [-0.2, -0.15) is 0 Å². The number of carbonyl (C=O) groups excluding carboxylic acids is 1.